The minimum Gasteiger partial charge on any atom is -0.343 e. The first-order valence-electron chi connectivity index (χ1n) is 19.7. The van der Waals surface area contributed by atoms with Crippen molar-refractivity contribution in [2.45, 2.75) is 94.8 Å². The third-order valence-corrected chi connectivity index (χ3v) is 14.1. The van der Waals surface area contributed by atoms with E-state index in [2.05, 4.69) is 21.9 Å². The third kappa shape index (κ3) is 7.93. The molecule has 0 spiro atoms. The van der Waals surface area contributed by atoms with Gasteiger partial charge in [0.1, 0.15) is 11.6 Å². The number of nitrogens with one attached hydrogen (secondary N) is 3. The van der Waals surface area contributed by atoms with Crippen LogP contribution in [-0.4, -0.2) is 101 Å². The van der Waals surface area contributed by atoms with Gasteiger partial charge in [-0.2, -0.15) is 13.2 Å². The fraction of sp³-hybridized carbons (Fsp3) is 0.537. The van der Waals surface area contributed by atoms with Crippen LogP contribution in [-0.2, 0) is 29.2 Å². The standard InChI is InChI=1S/C41H49F3N6O7S/c1-5-24-22-40(24,37(54)47-58(56,57)27-14-15-27)46-35(52)33-20-26(45-38(55)50-31-12-8-6-10-28(31)29-11-7-9-13-32(29)50)23-49(33)36(53)30(39(2,3)4)21-34(51)48-18-16-25(17-19-48)41(42,43)44/h5-13,24-27,30,33H,1,14-23H2,2-4H3,(H,45,55)(H,46,52)(H,47,54)/t24-,26-,30-,33+,40-/m1/s1. The van der Waals surface area contributed by atoms with Crippen molar-refractivity contribution in [1.29, 1.82) is 0 Å². The van der Waals surface area contributed by atoms with E-state index in [0.717, 1.165) is 10.8 Å². The Bertz CT molecular complexity index is 2220. The van der Waals surface area contributed by atoms with Gasteiger partial charge in [0, 0.05) is 42.7 Å². The summed E-state index contributed by atoms with van der Waals surface area (Å²) in [6.45, 7) is 8.66. The number of fused-ring (bicyclic) bond motifs is 3. The molecule has 7 rings (SSSR count). The van der Waals surface area contributed by atoms with Gasteiger partial charge in [-0.15, -0.1) is 6.58 Å². The lowest BCUT2D eigenvalue weighted by molar-refractivity contribution is -0.186. The molecule has 2 saturated carbocycles. The molecule has 0 unspecified atom stereocenters. The van der Waals surface area contributed by atoms with E-state index < -0.39 is 91.9 Å². The van der Waals surface area contributed by atoms with Crippen molar-refractivity contribution >= 4 is 61.5 Å². The lowest BCUT2D eigenvalue weighted by atomic mass is 9.77. The average Bonchev–Trinajstić information content (AvgIpc) is 4.08. The summed E-state index contributed by atoms with van der Waals surface area (Å²) >= 11 is 0. The van der Waals surface area contributed by atoms with Gasteiger partial charge in [0.05, 0.1) is 34.2 Å². The van der Waals surface area contributed by atoms with E-state index in [9.17, 15) is 45.6 Å². The maximum Gasteiger partial charge on any atom is 0.391 e. The molecule has 2 aliphatic heterocycles. The summed E-state index contributed by atoms with van der Waals surface area (Å²) in [5.74, 6) is -5.85. The second-order valence-corrected chi connectivity index (χ2v) is 19.2. The molecule has 17 heteroatoms. The molecule has 2 aromatic carbocycles. The molecule has 1 aromatic heterocycles. The van der Waals surface area contributed by atoms with Crippen LogP contribution in [0.3, 0.4) is 0 Å². The highest BCUT2D eigenvalue weighted by molar-refractivity contribution is 7.91. The zero-order chi connectivity index (χ0) is 41.9. The molecule has 3 N–H and O–H groups in total. The van der Waals surface area contributed by atoms with Crippen LogP contribution in [0.1, 0.15) is 65.7 Å². The maximum atomic E-state index is 14.8. The Morgan fingerprint density at radius 1 is 0.931 bits per heavy atom. The molecule has 0 radical (unpaired) electrons. The minimum absolute atomic E-state index is 0.0763. The maximum absolute atomic E-state index is 14.8. The second kappa shape index (κ2) is 15.0. The number of nitrogens with zero attached hydrogens (tertiary/aromatic N) is 3. The van der Waals surface area contributed by atoms with Gasteiger partial charge in [0.2, 0.25) is 27.7 Å². The number of carbonyl (C=O) groups is 5. The first-order chi connectivity index (χ1) is 27.2. The molecule has 5 amide bonds. The number of halogens is 3. The van der Waals surface area contributed by atoms with Crippen LogP contribution < -0.4 is 15.4 Å². The van der Waals surface area contributed by atoms with Crippen molar-refractivity contribution in [3.63, 3.8) is 0 Å². The Labute approximate surface area is 334 Å². The fourth-order valence-corrected chi connectivity index (χ4v) is 9.92. The highest BCUT2D eigenvalue weighted by Crippen LogP contribution is 2.46. The Hall–Kier alpha value is -4.93. The van der Waals surface area contributed by atoms with Gasteiger partial charge >= 0.3 is 12.2 Å². The smallest absolute Gasteiger partial charge is 0.343 e. The number of amides is 5. The number of para-hydroxylation sites is 2. The Balaban J connectivity index is 1.16. The van der Waals surface area contributed by atoms with Crippen molar-refractivity contribution in [1.82, 2.24) is 29.7 Å². The fourth-order valence-electron chi connectivity index (χ4n) is 8.56. The number of aromatic nitrogens is 1. The van der Waals surface area contributed by atoms with Crippen molar-refractivity contribution < 1.29 is 45.6 Å². The summed E-state index contributed by atoms with van der Waals surface area (Å²) in [7, 11) is -3.97. The van der Waals surface area contributed by atoms with E-state index in [1.165, 1.54) is 20.4 Å². The third-order valence-electron chi connectivity index (χ3n) is 12.3. The highest BCUT2D eigenvalue weighted by Gasteiger charge is 2.62. The van der Waals surface area contributed by atoms with Gasteiger partial charge in [-0.1, -0.05) is 63.2 Å². The monoisotopic (exact) mass is 826 g/mol. The molecule has 4 fully saturated rings. The van der Waals surface area contributed by atoms with Crippen LogP contribution in [0.2, 0.25) is 0 Å². The number of hydrogen-bond donors (Lipinski definition) is 3. The minimum atomic E-state index is -4.37. The lowest BCUT2D eigenvalue weighted by Crippen LogP contribution is -2.57. The van der Waals surface area contributed by atoms with E-state index in [1.54, 1.807) is 20.8 Å². The predicted octanol–water partition coefficient (Wildman–Crippen LogP) is 4.84. The van der Waals surface area contributed by atoms with Crippen molar-refractivity contribution in [3.8, 4) is 0 Å². The van der Waals surface area contributed by atoms with Crippen LogP contribution in [0.4, 0.5) is 18.0 Å². The molecule has 312 valence electrons. The first kappa shape index (κ1) is 41.2. The van der Waals surface area contributed by atoms with Gasteiger partial charge < -0.3 is 20.4 Å². The van der Waals surface area contributed by atoms with Crippen LogP contribution in [0.5, 0.6) is 0 Å². The number of likely N-dealkylation sites (tertiary alicyclic amines) is 2. The molecule has 5 atom stereocenters. The summed E-state index contributed by atoms with van der Waals surface area (Å²) in [5.41, 5.74) is -1.21. The summed E-state index contributed by atoms with van der Waals surface area (Å²) in [4.78, 5) is 73.1. The normalized spacial score (nSPS) is 24.7. The van der Waals surface area contributed by atoms with Gasteiger partial charge in [-0.3, -0.25) is 28.5 Å². The lowest BCUT2D eigenvalue weighted by Gasteiger charge is -2.37. The number of piperidine rings is 1. The van der Waals surface area contributed by atoms with Crippen molar-refractivity contribution in [2.75, 3.05) is 19.6 Å². The summed E-state index contributed by atoms with van der Waals surface area (Å²) in [5, 5.41) is 6.75. The van der Waals surface area contributed by atoms with E-state index in [0.29, 0.717) is 23.9 Å². The zero-order valence-electron chi connectivity index (χ0n) is 32.7. The molecule has 13 nitrogen and oxygen atoms in total. The predicted molar refractivity (Wildman–Crippen MR) is 209 cm³/mol. The molecule has 3 aromatic rings. The second-order valence-electron chi connectivity index (χ2n) is 17.3. The summed E-state index contributed by atoms with van der Waals surface area (Å²) in [6.07, 6.45) is -2.90. The largest absolute Gasteiger partial charge is 0.391 e. The molecule has 2 aliphatic carbocycles. The van der Waals surface area contributed by atoms with Crippen molar-refractivity contribution in [3.05, 3.63) is 61.2 Å². The molecule has 58 heavy (non-hydrogen) atoms. The molecular weight excluding hydrogens is 778 g/mol. The average molecular weight is 827 g/mol. The number of rotatable bonds is 10. The quantitative estimate of drug-likeness (QED) is 0.246. The zero-order valence-corrected chi connectivity index (χ0v) is 33.5. The van der Waals surface area contributed by atoms with Crippen LogP contribution in [0.15, 0.2) is 61.2 Å². The van der Waals surface area contributed by atoms with Gasteiger partial charge in [0.25, 0.3) is 5.91 Å². The van der Waals surface area contributed by atoms with E-state index in [1.807, 2.05) is 48.5 Å². The molecular formula is C41H49F3N6O7S. The molecule has 2 saturated heterocycles. The Kier molecular flexibility index (Phi) is 10.7. The number of alkyl halides is 3. The van der Waals surface area contributed by atoms with Crippen LogP contribution in [0, 0.1) is 23.2 Å². The van der Waals surface area contributed by atoms with Gasteiger partial charge in [0.15, 0.2) is 0 Å². The van der Waals surface area contributed by atoms with E-state index in [4.69, 9.17) is 0 Å². The number of benzene rings is 2. The number of carbonyl (C=O) groups excluding carboxylic acids is 5. The topological polar surface area (TPSA) is 167 Å². The Morgan fingerprint density at radius 3 is 2.03 bits per heavy atom. The van der Waals surface area contributed by atoms with E-state index >= 15 is 0 Å². The highest BCUT2D eigenvalue weighted by atomic mass is 32.2. The number of sulfonamides is 1. The molecule has 3 heterocycles. The molecule has 0 bridgehead atoms. The van der Waals surface area contributed by atoms with Crippen LogP contribution in [0.25, 0.3) is 21.8 Å². The first-order valence-corrected chi connectivity index (χ1v) is 21.2. The van der Waals surface area contributed by atoms with E-state index in [-0.39, 0.29) is 51.7 Å². The van der Waals surface area contributed by atoms with Crippen LogP contribution >= 0.6 is 0 Å². The Morgan fingerprint density at radius 2 is 1.52 bits per heavy atom. The SMILES string of the molecule is C=C[C@@H]1C[C@]1(NC(=O)[C@@H]1C[C@@H](NC(=O)n2c3ccccc3c3ccccc32)CN1C(=O)[C@@H](CC(=O)N1CCC(C(F)(F)F)CC1)C(C)(C)C)C(=O)NS(=O)(=O)C1CC1. The summed E-state index contributed by atoms with van der Waals surface area (Å²) < 4.78 is 69.3. The number of hydrogen-bond acceptors (Lipinski definition) is 7. The van der Waals surface area contributed by atoms with Gasteiger partial charge in [-0.05, 0) is 56.1 Å². The van der Waals surface area contributed by atoms with Crippen molar-refractivity contribution in [2.24, 2.45) is 23.2 Å². The molecule has 4 aliphatic rings. The van der Waals surface area contributed by atoms with Gasteiger partial charge in [-0.25, -0.2) is 13.2 Å². The summed E-state index contributed by atoms with van der Waals surface area (Å²) in [6, 6.07) is 12.2.